The number of anilines is 1. The molecule has 1 N–H and O–H groups in total. The zero-order chi connectivity index (χ0) is 22.1. The summed E-state index contributed by atoms with van der Waals surface area (Å²) in [6, 6.07) is 14.3. The fourth-order valence-corrected chi connectivity index (χ4v) is 4.63. The molecule has 1 aromatic heterocycles. The zero-order valence-electron chi connectivity index (χ0n) is 17.0. The molecule has 0 saturated heterocycles. The first-order valence-corrected chi connectivity index (χ1v) is 10.7. The summed E-state index contributed by atoms with van der Waals surface area (Å²) in [6.07, 6.45) is -0.0510. The summed E-state index contributed by atoms with van der Waals surface area (Å²) < 4.78 is 1.68. The first-order chi connectivity index (χ1) is 14.8. The molecule has 2 aromatic carbocycles. The predicted molar refractivity (Wildman–Crippen MR) is 118 cm³/mol. The molecular weight excluding hydrogens is 416 g/mol. The van der Waals surface area contributed by atoms with Gasteiger partial charge < -0.3 is 9.88 Å². The van der Waals surface area contributed by atoms with Crippen LogP contribution in [0.4, 0.5) is 11.5 Å². The molecule has 31 heavy (non-hydrogen) atoms. The smallest absolute Gasteiger partial charge is 0.279 e. The number of hydrogen-bond acceptors (Lipinski definition) is 6. The van der Waals surface area contributed by atoms with Gasteiger partial charge in [0.2, 0.25) is 5.91 Å². The molecule has 2 heterocycles. The minimum absolute atomic E-state index is 0.0510. The Morgan fingerprint density at radius 2 is 1.90 bits per heavy atom. The second-order valence-electron chi connectivity index (χ2n) is 7.42. The number of rotatable bonds is 5. The SMILES string of the molecule is Cc1ccc(CSc2nc(=O)c3c(n2C)NC(=O)CC3c2ccccc2[N+](=O)[O-])cc1. The van der Waals surface area contributed by atoms with Gasteiger partial charge in [-0.1, -0.05) is 59.8 Å². The number of aryl methyl sites for hydroxylation is 1. The highest BCUT2D eigenvalue weighted by Gasteiger charge is 2.35. The van der Waals surface area contributed by atoms with E-state index in [0.29, 0.717) is 22.3 Å². The number of carbonyl (C=O) groups is 1. The molecular formula is C22H20N4O4S. The third-order valence-corrected chi connectivity index (χ3v) is 6.40. The Morgan fingerprint density at radius 3 is 2.61 bits per heavy atom. The number of aromatic nitrogens is 2. The lowest BCUT2D eigenvalue weighted by Gasteiger charge is -2.27. The van der Waals surface area contributed by atoms with Crippen LogP contribution in [0.1, 0.15) is 34.6 Å². The molecule has 1 amide bonds. The van der Waals surface area contributed by atoms with Crippen LogP contribution in [0.2, 0.25) is 0 Å². The Labute approximate surface area is 182 Å². The van der Waals surface area contributed by atoms with Crippen molar-refractivity contribution in [1.82, 2.24) is 9.55 Å². The molecule has 1 atom stereocenters. The summed E-state index contributed by atoms with van der Waals surface area (Å²) >= 11 is 1.39. The number of nitrogens with one attached hydrogen (secondary N) is 1. The lowest BCUT2D eigenvalue weighted by molar-refractivity contribution is -0.385. The maximum Gasteiger partial charge on any atom is 0.279 e. The van der Waals surface area contributed by atoms with Crippen LogP contribution in [-0.4, -0.2) is 20.4 Å². The molecule has 158 valence electrons. The summed E-state index contributed by atoms with van der Waals surface area (Å²) in [5, 5.41) is 14.7. The van der Waals surface area contributed by atoms with Gasteiger partial charge in [-0.25, -0.2) is 0 Å². The fraction of sp³-hybridized carbons (Fsp3) is 0.227. The van der Waals surface area contributed by atoms with Gasteiger partial charge in [0.05, 0.1) is 10.5 Å². The Kier molecular flexibility index (Phi) is 5.60. The summed E-state index contributed by atoms with van der Waals surface area (Å²) in [4.78, 5) is 40.7. The van der Waals surface area contributed by atoms with Crippen LogP contribution in [0.25, 0.3) is 0 Å². The number of amides is 1. The van der Waals surface area contributed by atoms with Gasteiger partial charge in [0, 0.05) is 36.8 Å². The van der Waals surface area contributed by atoms with Crippen molar-refractivity contribution in [3.8, 4) is 0 Å². The van der Waals surface area contributed by atoms with E-state index in [-0.39, 0.29) is 23.6 Å². The third kappa shape index (κ3) is 4.09. The largest absolute Gasteiger partial charge is 0.312 e. The van der Waals surface area contributed by atoms with Gasteiger partial charge in [0.1, 0.15) is 5.82 Å². The molecule has 3 aromatic rings. The summed E-state index contributed by atoms with van der Waals surface area (Å²) in [6.45, 7) is 2.02. The maximum atomic E-state index is 13.0. The molecule has 0 spiro atoms. The van der Waals surface area contributed by atoms with Crippen molar-refractivity contribution >= 4 is 29.2 Å². The number of fused-ring (bicyclic) bond motifs is 1. The molecule has 1 aliphatic rings. The van der Waals surface area contributed by atoms with Crippen molar-refractivity contribution in [1.29, 1.82) is 0 Å². The van der Waals surface area contributed by atoms with Crippen LogP contribution in [0.5, 0.6) is 0 Å². The van der Waals surface area contributed by atoms with Gasteiger partial charge in [-0.2, -0.15) is 4.98 Å². The minimum atomic E-state index is -0.729. The van der Waals surface area contributed by atoms with Crippen LogP contribution in [0, 0.1) is 17.0 Å². The first-order valence-electron chi connectivity index (χ1n) is 9.67. The van der Waals surface area contributed by atoms with E-state index in [9.17, 15) is 19.7 Å². The van der Waals surface area contributed by atoms with Crippen molar-refractivity contribution < 1.29 is 9.72 Å². The fourth-order valence-electron chi connectivity index (χ4n) is 3.71. The maximum absolute atomic E-state index is 13.0. The van der Waals surface area contributed by atoms with E-state index in [4.69, 9.17) is 0 Å². The zero-order valence-corrected chi connectivity index (χ0v) is 17.8. The van der Waals surface area contributed by atoms with Gasteiger partial charge in [-0.05, 0) is 12.5 Å². The molecule has 0 radical (unpaired) electrons. The van der Waals surface area contributed by atoms with Crippen LogP contribution in [0.3, 0.4) is 0 Å². The Balaban J connectivity index is 1.75. The second-order valence-corrected chi connectivity index (χ2v) is 8.36. The van der Waals surface area contributed by atoms with E-state index in [1.54, 1.807) is 29.8 Å². The predicted octanol–water partition coefficient (Wildman–Crippen LogP) is 3.76. The lowest BCUT2D eigenvalue weighted by atomic mass is 9.86. The molecule has 0 fully saturated rings. The molecule has 0 saturated carbocycles. The van der Waals surface area contributed by atoms with E-state index < -0.39 is 16.4 Å². The molecule has 9 heteroatoms. The van der Waals surface area contributed by atoms with Crippen molar-refractivity contribution in [2.45, 2.75) is 30.2 Å². The number of thioether (sulfide) groups is 1. The minimum Gasteiger partial charge on any atom is -0.312 e. The normalized spacial score (nSPS) is 15.3. The van der Waals surface area contributed by atoms with Gasteiger partial charge in [-0.15, -0.1) is 0 Å². The quantitative estimate of drug-likeness (QED) is 0.282. The van der Waals surface area contributed by atoms with Gasteiger partial charge in [0.15, 0.2) is 5.16 Å². The highest BCUT2D eigenvalue weighted by atomic mass is 32.2. The summed E-state index contributed by atoms with van der Waals surface area (Å²) in [7, 11) is 1.73. The van der Waals surface area contributed by atoms with Gasteiger partial charge in [0.25, 0.3) is 11.2 Å². The monoisotopic (exact) mass is 436 g/mol. The number of nitro benzene ring substituents is 1. The number of para-hydroxylation sites is 1. The standard InChI is InChI=1S/C22H20N4O4S/c1-13-7-9-14(10-8-13)12-31-22-24-21(28)19-16(11-18(27)23-20(19)25(22)2)15-5-3-4-6-17(15)26(29)30/h3-10,16H,11-12H2,1-2H3,(H,23,27). The van der Waals surface area contributed by atoms with Gasteiger partial charge >= 0.3 is 0 Å². The third-order valence-electron chi connectivity index (χ3n) is 5.30. The summed E-state index contributed by atoms with van der Waals surface area (Å²) in [5.41, 5.74) is 2.26. The van der Waals surface area contributed by atoms with E-state index in [1.807, 2.05) is 31.2 Å². The van der Waals surface area contributed by atoms with Crippen LogP contribution in [0.15, 0.2) is 58.5 Å². The van der Waals surface area contributed by atoms with Crippen molar-refractivity contribution in [2.75, 3.05) is 5.32 Å². The Morgan fingerprint density at radius 1 is 1.19 bits per heavy atom. The number of nitro groups is 1. The Hall–Kier alpha value is -3.46. The lowest BCUT2D eigenvalue weighted by Crippen LogP contribution is -2.33. The van der Waals surface area contributed by atoms with Crippen LogP contribution in [-0.2, 0) is 17.6 Å². The number of benzene rings is 2. The highest BCUT2D eigenvalue weighted by molar-refractivity contribution is 7.98. The van der Waals surface area contributed by atoms with E-state index >= 15 is 0 Å². The Bertz CT molecular complexity index is 1240. The topological polar surface area (TPSA) is 107 Å². The number of hydrogen-bond donors (Lipinski definition) is 1. The van der Waals surface area contributed by atoms with Crippen molar-refractivity contribution in [2.24, 2.45) is 7.05 Å². The van der Waals surface area contributed by atoms with E-state index in [2.05, 4.69) is 10.3 Å². The highest BCUT2D eigenvalue weighted by Crippen LogP contribution is 2.39. The number of nitrogens with zero attached hydrogens (tertiary/aromatic N) is 3. The molecule has 1 unspecified atom stereocenters. The average molecular weight is 436 g/mol. The van der Waals surface area contributed by atoms with E-state index in [0.717, 1.165) is 11.1 Å². The molecule has 0 aliphatic carbocycles. The molecule has 1 aliphatic heterocycles. The van der Waals surface area contributed by atoms with Crippen LogP contribution >= 0.6 is 11.8 Å². The number of carbonyl (C=O) groups excluding carboxylic acids is 1. The second kappa shape index (κ2) is 8.35. The van der Waals surface area contributed by atoms with Crippen LogP contribution < -0.4 is 10.9 Å². The average Bonchev–Trinajstić information content (AvgIpc) is 2.75. The van der Waals surface area contributed by atoms with Gasteiger partial charge in [-0.3, -0.25) is 19.7 Å². The summed E-state index contributed by atoms with van der Waals surface area (Å²) in [5.74, 6) is -0.0780. The molecule has 4 rings (SSSR count). The van der Waals surface area contributed by atoms with Crippen molar-refractivity contribution in [3.63, 3.8) is 0 Å². The van der Waals surface area contributed by atoms with Crippen molar-refractivity contribution in [3.05, 3.63) is 91.3 Å². The molecule has 0 bridgehead atoms. The molecule has 8 nitrogen and oxygen atoms in total. The van der Waals surface area contributed by atoms with E-state index in [1.165, 1.54) is 17.8 Å². The first kappa shape index (κ1) is 20.8.